The maximum Gasteiger partial charge on any atom is 0.337 e. The Morgan fingerprint density at radius 2 is 1.62 bits per heavy atom. The number of H-pyrrole nitrogens is 2. The Balaban J connectivity index is 1.80. The zero-order valence-corrected chi connectivity index (χ0v) is 12.4. The molecular weight excluding hydrogens is 318 g/mol. The molecule has 1 aliphatic rings. The average molecular weight is 329 g/mol. The van der Waals surface area contributed by atoms with Crippen LogP contribution in [-0.2, 0) is 16.1 Å². The summed E-state index contributed by atoms with van der Waals surface area (Å²) in [6, 6.07) is 6.05. The van der Waals surface area contributed by atoms with E-state index in [0.717, 1.165) is 0 Å². The zero-order valence-electron chi connectivity index (χ0n) is 12.4. The lowest BCUT2D eigenvalue weighted by atomic mass is 10.1. The number of nitrogens with zero attached hydrogens (tertiary/aromatic N) is 1. The van der Waals surface area contributed by atoms with Gasteiger partial charge in [0.05, 0.1) is 17.5 Å². The van der Waals surface area contributed by atoms with Crippen LogP contribution in [0.15, 0.2) is 33.9 Å². The fourth-order valence-electron chi connectivity index (χ4n) is 2.37. The molecule has 1 aromatic heterocycles. The molecule has 0 spiro atoms. The molecule has 0 saturated carbocycles. The number of hydroxylamine groups is 2. The van der Waals surface area contributed by atoms with Crippen LogP contribution in [-0.4, -0.2) is 32.8 Å². The monoisotopic (exact) mass is 329 g/mol. The summed E-state index contributed by atoms with van der Waals surface area (Å²) in [5.41, 5.74) is -0.994. The second kappa shape index (κ2) is 5.61. The molecule has 0 aliphatic carbocycles. The highest BCUT2D eigenvalue weighted by Gasteiger charge is 2.38. The summed E-state index contributed by atoms with van der Waals surface area (Å²) < 4.78 is 0. The second-order valence-corrected chi connectivity index (χ2v) is 5.10. The summed E-state index contributed by atoms with van der Waals surface area (Å²) >= 11 is 0. The van der Waals surface area contributed by atoms with Gasteiger partial charge in [-0.3, -0.25) is 19.4 Å². The SMILES string of the molecule is Cc1[nH]c(=O)[nH]c(=O)c1CC(=O)ON1C(=O)c2ccccc2C1=O. The normalized spacial score (nSPS) is 13.1. The van der Waals surface area contributed by atoms with Gasteiger partial charge in [0.2, 0.25) is 0 Å². The second-order valence-electron chi connectivity index (χ2n) is 5.10. The molecule has 1 aliphatic heterocycles. The van der Waals surface area contributed by atoms with Gasteiger partial charge >= 0.3 is 11.7 Å². The van der Waals surface area contributed by atoms with E-state index in [1.165, 1.54) is 19.1 Å². The van der Waals surface area contributed by atoms with Crippen LogP contribution < -0.4 is 11.2 Å². The lowest BCUT2D eigenvalue weighted by Crippen LogP contribution is -2.35. The molecule has 0 radical (unpaired) electrons. The molecule has 2 amide bonds. The number of amides is 2. The van der Waals surface area contributed by atoms with Crippen LogP contribution in [0.5, 0.6) is 0 Å². The molecule has 2 N–H and O–H groups in total. The molecule has 0 atom stereocenters. The molecule has 9 nitrogen and oxygen atoms in total. The van der Waals surface area contributed by atoms with E-state index in [9.17, 15) is 24.0 Å². The average Bonchev–Trinajstić information content (AvgIpc) is 2.76. The molecule has 2 heterocycles. The van der Waals surface area contributed by atoms with Crippen molar-refractivity contribution in [3.8, 4) is 0 Å². The number of hydrogen-bond acceptors (Lipinski definition) is 6. The third-order valence-corrected chi connectivity index (χ3v) is 3.53. The zero-order chi connectivity index (χ0) is 17.4. The molecule has 0 saturated heterocycles. The van der Waals surface area contributed by atoms with Gasteiger partial charge in [-0.15, -0.1) is 0 Å². The molecule has 1 aromatic carbocycles. The van der Waals surface area contributed by atoms with Crippen molar-refractivity contribution < 1.29 is 19.2 Å². The highest BCUT2D eigenvalue weighted by molar-refractivity contribution is 6.20. The van der Waals surface area contributed by atoms with Crippen molar-refractivity contribution in [1.82, 2.24) is 15.0 Å². The number of aromatic amines is 2. The van der Waals surface area contributed by atoms with Gasteiger partial charge in [0, 0.05) is 11.3 Å². The van der Waals surface area contributed by atoms with Crippen molar-refractivity contribution in [3.05, 3.63) is 67.5 Å². The van der Waals surface area contributed by atoms with E-state index >= 15 is 0 Å². The minimum absolute atomic E-state index is 0.0174. The fraction of sp³-hybridized carbons (Fsp3) is 0.133. The van der Waals surface area contributed by atoms with Crippen molar-refractivity contribution in [3.63, 3.8) is 0 Å². The summed E-state index contributed by atoms with van der Waals surface area (Å²) in [6.07, 6.45) is -0.509. The Kier molecular flexibility index (Phi) is 3.60. The number of benzene rings is 1. The van der Waals surface area contributed by atoms with Crippen LogP contribution in [0.25, 0.3) is 0 Å². The maximum absolute atomic E-state index is 12.1. The van der Waals surface area contributed by atoms with Gasteiger partial charge < -0.3 is 9.82 Å². The summed E-state index contributed by atoms with van der Waals surface area (Å²) in [5.74, 6) is -2.49. The van der Waals surface area contributed by atoms with Crippen LogP contribution in [0.2, 0.25) is 0 Å². The molecule has 24 heavy (non-hydrogen) atoms. The van der Waals surface area contributed by atoms with Gasteiger partial charge in [-0.05, 0) is 19.1 Å². The third-order valence-electron chi connectivity index (χ3n) is 3.53. The quantitative estimate of drug-likeness (QED) is 0.742. The minimum Gasteiger partial charge on any atom is -0.329 e. The van der Waals surface area contributed by atoms with E-state index in [1.807, 2.05) is 4.98 Å². The Bertz CT molecular complexity index is 952. The molecule has 122 valence electrons. The topological polar surface area (TPSA) is 129 Å². The minimum atomic E-state index is -0.981. The number of carbonyl (C=O) groups excluding carboxylic acids is 3. The van der Waals surface area contributed by atoms with Gasteiger partial charge in [-0.2, -0.15) is 0 Å². The van der Waals surface area contributed by atoms with Gasteiger partial charge in [-0.25, -0.2) is 9.59 Å². The Morgan fingerprint density at radius 3 is 2.17 bits per heavy atom. The number of aryl methyl sites for hydroxylation is 1. The lowest BCUT2D eigenvalue weighted by molar-refractivity contribution is -0.167. The molecule has 0 unspecified atom stereocenters. The first-order valence-corrected chi connectivity index (χ1v) is 6.89. The number of hydrogen-bond donors (Lipinski definition) is 2. The predicted molar refractivity (Wildman–Crippen MR) is 79.2 cm³/mol. The van der Waals surface area contributed by atoms with Crippen LogP contribution >= 0.6 is 0 Å². The summed E-state index contributed by atoms with van der Waals surface area (Å²) in [6.45, 7) is 1.45. The molecule has 9 heteroatoms. The molecule has 3 rings (SSSR count). The van der Waals surface area contributed by atoms with E-state index < -0.39 is 35.5 Å². The van der Waals surface area contributed by atoms with Crippen LogP contribution in [0, 0.1) is 6.92 Å². The van der Waals surface area contributed by atoms with E-state index in [-0.39, 0.29) is 22.4 Å². The van der Waals surface area contributed by atoms with E-state index in [0.29, 0.717) is 5.06 Å². The first-order chi connectivity index (χ1) is 11.4. The Hall–Kier alpha value is -3.49. The smallest absolute Gasteiger partial charge is 0.329 e. The van der Waals surface area contributed by atoms with Crippen molar-refractivity contribution in [1.29, 1.82) is 0 Å². The van der Waals surface area contributed by atoms with Crippen molar-refractivity contribution in [2.45, 2.75) is 13.3 Å². The lowest BCUT2D eigenvalue weighted by Gasteiger charge is -2.12. The first-order valence-electron chi connectivity index (χ1n) is 6.89. The molecule has 0 fully saturated rings. The third kappa shape index (κ3) is 2.51. The molecular formula is C15H11N3O6. The number of rotatable bonds is 3. The summed E-state index contributed by atoms with van der Waals surface area (Å²) in [5, 5.41) is 0.363. The number of aromatic nitrogens is 2. The van der Waals surface area contributed by atoms with E-state index in [4.69, 9.17) is 4.84 Å². The highest BCUT2D eigenvalue weighted by Crippen LogP contribution is 2.22. The van der Waals surface area contributed by atoms with Gasteiger partial charge in [0.25, 0.3) is 17.4 Å². The van der Waals surface area contributed by atoms with E-state index in [1.54, 1.807) is 12.1 Å². The summed E-state index contributed by atoms with van der Waals surface area (Å²) in [7, 11) is 0. The van der Waals surface area contributed by atoms with Crippen molar-refractivity contribution in [2.24, 2.45) is 0 Å². The highest BCUT2D eigenvalue weighted by atomic mass is 16.7. The Morgan fingerprint density at radius 1 is 1.04 bits per heavy atom. The number of imide groups is 1. The molecule has 0 bridgehead atoms. The van der Waals surface area contributed by atoms with Crippen molar-refractivity contribution in [2.75, 3.05) is 0 Å². The number of fused-ring (bicyclic) bond motifs is 1. The summed E-state index contributed by atoms with van der Waals surface area (Å²) in [4.78, 5) is 68.1. The van der Waals surface area contributed by atoms with Gasteiger partial charge in [-0.1, -0.05) is 17.2 Å². The van der Waals surface area contributed by atoms with Crippen molar-refractivity contribution >= 4 is 17.8 Å². The largest absolute Gasteiger partial charge is 0.337 e. The fourth-order valence-corrected chi connectivity index (χ4v) is 2.37. The Labute approximate surface area is 133 Å². The van der Waals surface area contributed by atoms with Gasteiger partial charge in [0.1, 0.15) is 0 Å². The molecule has 2 aromatic rings. The van der Waals surface area contributed by atoms with Crippen LogP contribution in [0.1, 0.15) is 32.0 Å². The maximum atomic E-state index is 12.1. The van der Waals surface area contributed by atoms with Gasteiger partial charge in [0.15, 0.2) is 0 Å². The number of carbonyl (C=O) groups is 3. The van der Waals surface area contributed by atoms with Crippen LogP contribution in [0.4, 0.5) is 0 Å². The number of nitrogens with one attached hydrogen (secondary N) is 2. The standard InChI is InChI=1S/C15H11N3O6/c1-7-10(12(20)17-15(23)16-7)6-11(19)24-18-13(21)8-4-2-3-5-9(8)14(18)22/h2-5H,6H2,1H3,(H2,16,17,20,23). The first kappa shape index (κ1) is 15.4. The van der Waals surface area contributed by atoms with Crippen LogP contribution in [0.3, 0.4) is 0 Å². The van der Waals surface area contributed by atoms with E-state index in [2.05, 4.69) is 4.98 Å². The predicted octanol–water partition coefficient (Wildman–Crippen LogP) is -0.331.